The van der Waals surface area contributed by atoms with Gasteiger partial charge in [0.1, 0.15) is 34.3 Å². The maximum atomic E-state index is 13.9. The number of esters is 1. The van der Waals surface area contributed by atoms with Gasteiger partial charge in [-0.1, -0.05) is 26.8 Å². The van der Waals surface area contributed by atoms with Crippen LogP contribution >= 0.6 is 11.3 Å². The molecule has 0 aromatic carbocycles. The van der Waals surface area contributed by atoms with E-state index in [0.717, 1.165) is 10.2 Å². The van der Waals surface area contributed by atoms with Gasteiger partial charge in [-0.2, -0.15) is 4.98 Å². The van der Waals surface area contributed by atoms with Gasteiger partial charge in [0.25, 0.3) is 0 Å². The Hall–Kier alpha value is -3.80. The topological polar surface area (TPSA) is 133 Å². The fourth-order valence-corrected chi connectivity index (χ4v) is 5.17. The molecule has 3 aromatic heterocycles. The molecule has 4 rings (SSSR count). The summed E-state index contributed by atoms with van der Waals surface area (Å²) in [6, 6.07) is 5.47. The molecule has 1 N–H and O–H groups in total. The van der Waals surface area contributed by atoms with Crippen molar-refractivity contribution in [2.45, 2.75) is 71.8 Å². The molecule has 12 heteroatoms. The van der Waals surface area contributed by atoms with E-state index in [1.807, 2.05) is 50.4 Å². The third-order valence-corrected chi connectivity index (χ3v) is 7.06. The van der Waals surface area contributed by atoms with Crippen LogP contribution in [-0.4, -0.2) is 75.3 Å². The predicted octanol–water partition coefficient (Wildman–Crippen LogP) is 4.21. The number of hydrogen-bond donors (Lipinski definition) is 1. The van der Waals surface area contributed by atoms with Gasteiger partial charge in [-0.3, -0.25) is 9.78 Å². The SMILES string of the molecule is COC(=O)[C@@H]1C[C@@H](Oc2nc(-c3ccccn3)nc3sccc23)CN1C(=O)[C@@H](NC(=O)OC(C)(C)C)C(C)(C)C. The van der Waals surface area contributed by atoms with Gasteiger partial charge in [0.15, 0.2) is 5.82 Å². The Morgan fingerprint density at radius 1 is 1.10 bits per heavy atom. The van der Waals surface area contributed by atoms with E-state index >= 15 is 0 Å². The van der Waals surface area contributed by atoms with Crippen molar-refractivity contribution in [3.8, 4) is 17.4 Å². The average Bonchev–Trinajstić information content (AvgIpc) is 3.53. The summed E-state index contributed by atoms with van der Waals surface area (Å²) >= 11 is 1.45. The van der Waals surface area contributed by atoms with Crippen molar-refractivity contribution in [1.29, 1.82) is 0 Å². The van der Waals surface area contributed by atoms with E-state index in [9.17, 15) is 14.4 Å². The van der Waals surface area contributed by atoms with Gasteiger partial charge in [-0.25, -0.2) is 14.6 Å². The zero-order valence-corrected chi connectivity index (χ0v) is 24.6. The van der Waals surface area contributed by atoms with Crippen molar-refractivity contribution in [2.75, 3.05) is 13.7 Å². The Labute approximate surface area is 237 Å². The average molecular weight is 570 g/mol. The number of rotatable bonds is 6. The maximum absolute atomic E-state index is 13.9. The number of hydrogen-bond acceptors (Lipinski definition) is 10. The van der Waals surface area contributed by atoms with Gasteiger partial charge in [-0.05, 0) is 49.8 Å². The first-order chi connectivity index (χ1) is 18.8. The minimum atomic E-state index is -0.966. The number of likely N-dealkylation sites (tertiary alicyclic amines) is 1. The molecule has 1 aliphatic heterocycles. The molecule has 0 spiro atoms. The fourth-order valence-electron chi connectivity index (χ4n) is 4.41. The van der Waals surface area contributed by atoms with E-state index in [1.54, 1.807) is 27.0 Å². The fraction of sp³-hybridized carbons (Fsp3) is 0.500. The van der Waals surface area contributed by atoms with E-state index in [4.69, 9.17) is 14.2 Å². The van der Waals surface area contributed by atoms with Crippen molar-refractivity contribution in [1.82, 2.24) is 25.2 Å². The highest BCUT2D eigenvalue weighted by molar-refractivity contribution is 7.16. The molecule has 1 saturated heterocycles. The van der Waals surface area contributed by atoms with Crippen molar-refractivity contribution in [3.63, 3.8) is 0 Å². The summed E-state index contributed by atoms with van der Waals surface area (Å²) in [5.74, 6) is -0.247. The molecule has 11 nitrogen and oxygen atoms in total. The van der Waals surface area contributed by atoms with Gasteiger partial charge in [0.05, 0.1) is 19.0 Å². The number of nitrogens with zero attached hydrogens (tertiary/aromatic N) is 4. The summed E-state index contributed by atoms with van der Waals surface area (Å²) in [7, 11) is 1.28. The normalized spacial score (nSPS) is 18.3. The molecule has 1 fully saturated rings. The Bertz CT molecular complexity index is 1380. The van der Waals surface area contributed by atoms with Crippen LogP contribution in [0.1, 0.15) is 48.0 Å². The summed E-state index contributed by atoms with van der Waals surface area (Å²) in [5, 5.41) is 5.33. The lowest BCUT2D eigenvalue weighted by atomic mass is 9.85. The second-order valence-electron chi connectivity index (χ2n) is 11.7. The van der Waals surface area contributed by atoms with E-state index < -0.39 is 47.2 Å². The molecular formula is C28H35N5O6S. The molecule has 4 heterocycles. The summed E-state index contributed by atoms with van der Waals surface area (Å²) in [6.07, 6.45) is 0.571. The second-order valence-corrected chi connectivity index (χ2v) is 12.6. The minimum absolute atomic E-state index is 0.0930. The highest BCUT2D eigenvalue weighted by atomic mass is 32.1. The molecule has 2 amide bonds. The Kier molecular flexibility index (Phi) is 8.29. The first-order valence-corrected chi connectivity index (χ1v) is 13.9. The van der Waals surface area contributed by atoms with Crippen LogP contribution < -0.4 is 10.1 Å². The smallest absolute Gasteiger partial charge is 0.408 e. The molecule has 0 aliphatic carbocycles. The van der Waals surface area contributed by atoms with Gasteiger partial charge < -0.3 is 24.4 Å². The van der Waals surface area contributed by atoms with E-state index in [0.29, 0.717) is 17.4 Å². The first kappa shape index (κ1) is 29.2. The zero-order chi connectivity index (χ0) is 29.2. The Balaban J connectivity index is 1.61. The van der Waals surface area contributed by atoms with Crippen molar-refractivity contribution in [3.05, 3.63) is 35.8 Å². The van der Waals surface area contributed by atoms with Crippen LogP contribution in [0.2, 0.25) is 0 Å². The lowest BCUT2D eigenvalue weighted by Crippen LogP contribution is -2.57. The van der Waals surface area contributed by atoms with E-state index in [1.165, 1.54) is 23.3 Å². The second kappa shape index (κ2) is 11.4. The van der Waals surface area contributed by atoms with Crippen molar-refractivity contribution < 1.29 is 28.6 Å². The van der Waals surface area contributed by atoms with Gasteiger partial charge in [0, 0.05) is 12.6 Å². The highest BCUT2D eigenvalue weighted by Gasteiger charge is 2.46. The molecule has 3 atom stereocenters. The third-order valence-electron chi connectivity index (χ3n) is 6.26. The summed E-state index contributed by atoms with van der Waals surface area (Å²) < 4.78 is 16.8. The van der Waals surface area contributed by atoms with Gasteiger partial charge >= 0.3 is 12.1 Å². The molecule has 0 saturated carbocycles. The molecule has 0 radical (unpaired) electrons. The number of thiophene rings is 1. The highest BCUT2D eigenvalue weighted by Crippen LogP contribution is 2.33. The quantitative estimate of drug-likeness (QED) is 0.433. The number of amides is 2. The van der Waals surface area contributed by atoms with Crippen LogP contribution in [0.4, 0.5) is 4.79 Å². The zero-order valence-electron chi connectivity index (χ0n) is 23.8. The summed E-state index contributed by atoms with van der Waals surface area (Å²) in [4.78, 5) is 55.1. The number of fused-ring (bicyclic) bond motifs is 1. The monoisotopic (exact) mass is 569 g/mol. The number of nitrogens with one attached hydrogen (secondary N) is 1. The lowest BCUT2D eigenvalue weighted by molar-refractivity contribution is -0.152. The molecular weight excluding hydrogens is 534 g/mol. The van der Waals surface area contributed by atoms with E-state index in [-0.39, 0.29) is 13.0 Å². The van der Waals surface area contributed by atoms with Gasteiger partial charge in [-0.15, -0.1) is 11.3 Å². The molecule has 40 heavy (non-hydrogen) atoms. The van der Waals surface area contributed by atoms with Crippen LogP contribution in [0, 0.1) is 5.41 Å². The largest absolute Gasteiger partial charge is 0.472 e. The molecule has 1 aliphatic rings. The minimum Gasteiger partial charge on any atom is -0.472 e. The van der Waals surface area contributed by atoms with Crippen LogP contribution in [0.3, 0.4) is 0 Å². The molecule has 0 bridgehead atoms. The Morgan fingerprint density at radius 2 is 1.85 bits per heavy atom. The van der Waals surface area contributed by atoms with Crippen LogP contribution in [0.25, 0.3) is 21.7 Å². The number of methoxy groups -OCH3 is 1. The number of carbonyl (C=O) groups is 3. The first-order valence-electron chi connectivity index (χ1n) is 13.0. The summed E-state index contributed by atoms with van der Waals surface area (Å²) in [5.41, 5.74) is -0.824. The number of alkyl carbamates (subject to hydrolysis) is 1. The number of carbonyl (C=O) groups excluding carboxylic acids is 3. The molecule has 214 valence electrons. The predicted molar refractivity (Wildman–Crippen MR) is 150 cm³/mol. The molecule has 0 unspecified atom stereocenters. The lowest BCUT2D eigenvalue weighted by Gasteiger charge is -2.35. The van der Waals surface area contributed by atoms with Gasteiger partial charge in [0.2, 0.25) is 11.8 Å². The van der Waals surface area contributed by atoms with Crippen LogP contribution in [-0.2, 0) is 19.1 Å². The standard InChI is InChI=1S/C28H35N5O6S/c1-27(2,3)20(30-26(36)39-28(4,5)6)24(34)33-15-16(14-19(33)25(35)37-7)38-22-17-11-13-40-23(17)32-21(31-22)18-10-8-9-12-29-18/h8-13,16,19-20H,14-15H2,1-7H3,(H,30,36)/t16-,19+,20-/m1/s1. The number of aromatic nitrogens is 3. The summed E-state index contributed by atoms with van der Waals surface area (Å²) in [6.45, 7) is 10.8. The van der Waals surface area contributed by atoms with E-state index in [2.05, 4.69) is 20.3 Å². The number of pyridine rings is 1. The van der Waals surface area contributed by atoms with Crippen LogP contribution in [0.15, 0.2) is 35.8 Å². The van der Waals surface area contributed by atoms with Crippen molar-refractivity contribution in [2.24, 2.45) is 5.41 Å². The maximum Gasteiger partial charge on any atom is 0.408 e. The van der Waals surface area contributed by atoms with Crippen molar-refractivity contribution >= 4 is 39.5 Å². The Morgan fingerprint density at radius 3 is 2.48 bits per heavy atom. The molecule has 3 aromatic rings. The number of ether oxygens (including phenoxy) is 3. The van der Waals surface area contributed by atoms with Crippen LogP contribution in [0.5, 0.6) is 5.88 Å². The third kappa shape index (κ3) is 6.67.